The third-order valence-electron chi connectivity index (χ3n) is 4.32. The summed E-state index contributed by atoms with van der Waals surface area (Å²) < 4.78 is 10.5. The van der Waals surface area contributed by atoms with Gasteiger partial charge in [0.05, 0.1) is 19.9 Å². The molecule has 0 saturated heterocycles. The summed E-state index contributed by atoms with van der Waals surface area (Å²) in [7, 11) is 5.08. The Bertz CT molecular complexity index is 945. The van der Waals surface area contributed by atoms with E-state index in [1.807, 2.05) is 30.1 Å². The lowest BCUT2D eigenvalue weighted by Crippen LogP contribution is -2.19. The summed E-state index contributed by atoms with van der Waals surface area (Å²) in [6, 6.07) is 18.8. The highest BCUT2D eigenvalue weighted by atomic mass is 16.5. The predicted octanol–water partition coefficient (Wildman–Crippen LogP) is 3.99. The van der Waals surface area contributed by atoms with Crippen molar-refractivity contribution in [3.63, 3.8) is 0 Å². The quantitative estimate of drug-likeness (QED) is 0.675. The Balaban J connectivity index is 1.75. The lowest BCUT2D eigenvalue weighted by atomic mass is 10.2. The molecule has 28 heavy (non-hydrogen) atoms. The summed E-state index contributed by atoms with van der Waals surface area (Å²) in [6.45, 7) is 0.700. The van der Waals surface area contributed by atoms with Gasteiger partial charge in [-0.05, 0) is 29.8 Å². The van der Waals surface area contributed by atoms with Crippen LogP contribution in [0.2, 0.25) is 0 Å². The van der Waals surface area contributed by atoms with Gasteiger partial charge in [-0.2, -0.15) is 0 Å². The largest absolute Gasteiger partial charge is 0.497 e. The van der Waals surface area contributed by atoms with Crippen LogP contribution < -0.4 is 19.7 Å². The van der Waals surface area contributed by atoms with Crippen molar-refractivity contribution in [3.8, 4) is 11.5 Å². The molecule has 0 spiro atoms. The maximum Gasteiger partial charge on any atom is 0.255 e. The van der Waals surface area contributed by atoms with E-state index < -0.39 is 0 Å². The molecule has 0 fully saturated rings. The van der Waals surface area contributed by atoms with Crippen LogP contribution in [0.1, 0.15) is 15.9 Å². The van der Waals surface area contributed by atoms with Gasteiger partial charge in [0.2, 0.25) is 0 Å². The molecule has 1 amide bonds. The van der Waals surface area contributed by atoms with Crippen molar-refractivity contribution in [1.29, 1.82) is 0 Å². The van der Waals surface area contributed by atoms with Crippen LogP contribution >= 0.6 is 0 Å². The zero-order valence-corrected chi connectivity index (χ0v) is 16.2. The fraction of sp³-hybridized carbons (Fsp3) is 0.182. The van der Waals surface area contributed by atoms with Gasteiger partial charge < -0.3 is 19.7 Å². The first kappa shape index (κ1) is 19.2. The number of benzene rings is 2. The fourth-order valence-electron chi connectivity index (χ4n) is 2.80. The van der Waals surface area contributed by atoms with E-state index in [0.29, 0.717) is 29.3 Å². The van der Waals surface area contributed by atoms with E-state index in [2.05, 4.69) is 22.4 Å². The van der Waals surface area contributed by atoms with E-state index in [4.69, 9.17) is 9.47 Å². The Labute approximate surface area is 164 Å². The summed E-state index contributed by atoms with van der Waals surface area (Å²) in [5, 5.41) is 2.88. The van der Waals surface area contributed by atoms with E-state index in [-0.39, 0.29) is 5.91 Å². The molecule has 3 rings (SSSR count). The minimum atomic E-state index is -0.236. The number of hydrogen-bond acceptors (Lipinski definition) is 5. The standard InChI is InChI=1S/C22H23N3O3/c1-25(15-16-7-5-4-6-8-16)21-13-17(11-12-23-21)22(26)24-19-10-9-18(27-2)14-20(19)28-3/h4-14H,15H2,1-3H3,(H,24,26). The number of hydrogen-bond donors (Lipinski definition) is 1. The Morgan fingerprint density at radius 3 is 2.54 bits per heavy atom. The smallest absolute Gasteiger partial charge is 0.255 e. The Morgan fingerprint density at radius 1 is 1.04 bits per heavy atom. The number of methoxy groups -OCH3 is 2. The fourth-order valence-corrected chi connectivity index (χ4v) is 2.80. The molecule has 0 aliphatic heterocycles. The highest BCUT2D eigenvalue weighted by molar-refractivity contribution is 6.05. The van der Waals surface area contributed by atoms with E-state index in [1.165, 1.54) is 5.56 Å². The number of aromatic nitrogens is 1. The summed E-state index contributed by atoms with van der Waals surface area (Å²) >= 11 is 0. The molecule has 0 bridgehead atoms. The number of pyridine rings is 1. The van der Waals surface area contributed by atoms with Crippen LogP contribution in [0.5, 0.6) is 11.5 Å². The first-order valence-electron chi connectivity index (χ1n) is 8.85. The molecule has 1 heterocycles. The SMILES string of the molecule is COc1ccc(NC(=O)c2ccnc(N(C)Cc3ccccc3)c2)c(OC)c1. The zero-order chi connectivity index (χ0) is 19.9. The summed E-state index contributed by atoms with van der Waals surface area (Å²) in [5.74, 6) is 1.67. The molecule has 0 saturated carbocycles. The van der Waals surface area contributed by atoms with Gasteiger partial charge in [0.1, 0.15) is 17.3 Å². The van der Waals surface area contributed by atoms with E-state index in [1.54, 1.807) is 50.7 Å². The van der Waals surface area contributed by atoms with Gasteiger partial charge in [-0.1, -0.05) is 30.3 Å². The van der Waals surface area contributed by atoms with Crippen molar-refractivity contribution in [3.05, 3.63) is 78.0 Å². The highest BCUT2D eigenvalue weighted by Crippen LogP contribution is 2.29. The molecule has 6 heteroatoms. The maximum atomic E-state index is 12.7. The van der Waals surface area contributed by atoms with Gasteiger partial charge in [0.15, 0.2) is 0 Å². The molecule has 2 aromatic carbocycles. The minimum absolute atomic E-state index is 0.236. The minimum Gasteiger partial charge on any atom is -0.497 e. The van der Waals surface area contributed by atoms with Crippen molar-refractivity contribution in [1.82, 2.24) is 4.98 Å². The van der Waals surface area contributed by atoms with E-state index >= 15 is 0 Å². The number of nitrogens with one attached hydrogen (secondary N) is 1. The number of carbonyl (C=O) groups is 1. The van der Waals surface area contributed by atoms with Crippen LogP contribution in [0.25, 0.3) is 0 Å². The van der Waals surface area contributed by atoms with Crippen LogP contribution in [0.3, 0.4) is 0 Å². The second kappa shape index (κ2) is 8.90. The molecule has 1 aromatic heterocycles. The van der Waals surface area contributed by atoms with E-state index in [0.717, 1.165) is 5.82 Å². The molecule has 1 N–H and O–H groups in total. The molecule has 0 unspecified atom stereocenters. The average Bonchev–Trinajstić information content (AvgIpc) is 2.74. The molecular formula is C22H23N3O3. The van der Waals surface area contributed by atoms with Crippen LogP contribution in [0.4, 0.5) is 11.5 Å². The molecule has 144 valence electrons. The number of amides is 1. The van der Waals surface area contributed by atoms with Gasteiger partial charge in [-0.3, -0.25) is 4.79 Å². The van der Waals surface area contributed by atoms with Gasteiger partial charge in [0.25, 0.3) is 5.91 Å². The van der Waals surface area contributed by atoms with Crippen molar-refractivity contribution in [2.45, 2.75) is 6.54 Å². The Morgan fingerprint density at radius 2 is 1.82 bits per heavy atom. The molecule has 0 aliphatic carbocycles. The zero-order valence-electron chi connectivity index (χ0n) is 16.2. The Hall–Kier alpha value is -3.54. The van der Waals surface area contributed by atoms with Crippen molar-refractivity contribution >= 4 is 17.4 Å². The number of nitrogens with zero attached hydrogens (tertiary/aromatic N) is 2. The lowest BCUT2D eigenvalue weighted by molar-refractivity contribution is 0.102. The predicted molar refractivity (Wildman–Crippen MR) is 110 cm³/mol. The molecule has 3 aromatic rings. The van der Waals surface area contributed by atoms with Crippen molar-refractivity contribution in [2.24, 2.45) is 0 Å². The normalized spacial score (nSPS) is 10.2. The van der Waals surface area contributed by atoms with Crippen molar-refractivity contribution < 1.29 is 14.3 Å². The molecule has 0 atom stereocenters. The summed E-state index contributed by atoms with van der Waals surface area (Å²) in [4.78, 5) is 19.1. The molecule has 6 nitrogen and oxygen atoms in total. The topological polar surface area (TPSA) is 63.7 Å². The van der Waals surface area contributed by atoms with Gasteiger partial charge in [0, 0.05) is 31.4 Å². The second-order valence-corrected chi connectivity index (χ2v) is 6.26. The third kappa shape index (κ3) is 4.59. The number of rotatable bonds is 7. The maximum absolute atomic E-state index is 12.7. The van der Waals surface area contributed by atoms with Crippen LogP contribution in [0, 0.1) is 0 Å². The summed E-state index contributed by atoms with van der Waals surface area (Å²) in [6.07, 6.45) is 1.64. The number of ether oxygens (including phenoxy) is 2. The first-order chi connectivity index (χ1) is 13.6. The monoisotopic (exact) mass is 377 g/mol. The average molecular weight is 377 g/mol. The number of carbonyl (C=O) groups excluding carboxylic acids is 1. The first-order valence-corrected chi connectivity index (χ1v) is 8.85. The third-order valence-corrected chi connectivity index (χ3v) is 4.32. The van der Waals surface area contributed by atoms with Crippen molar-refractivity contribution in [2.75, 3.05) is 31.5 Å². The van der Waals surface area contributed by atoms with E-state index in [9.17, 15) is 4.79 Å². The van der Waals surface area contributed by atoms with Gasteiger partial charge in [-0.25, -0.2) is 4.98 Å². The molecule has 0 aliphatic rings. The molecule has 0 radical (unpaired) electrons. The van der Waals surface area contributed by atoms with Crippen LogP contribution in [0.15, 0.2) is 66.9 Å². The Kier molecular flexibility index (Phi) is 6.11. The number of anilines is 2. The van der Waals surface area contributed by atoms with Gasteiger partial charge >= 0.3 is 0 Å². The molecular weight excluding hydrogens is 354 g/mol. The summed E-state index contributed by atoms with van der Waals surface area (Å²) in [5.41, 5.74) is 2.26. The second-order valence-electron chi connectivity index (χ2n) is 6.26. The van der Waals surface area contributed by atoms with Gasteiger partial charge in [-0.15, -0.1) is 0 Å². The van der Waals surface area contributed by atoms with Crippen LogP contribution in [-0.2, 0) is 6.54 Å². The lowest BCUT2D eigenvalue weighted by Gasteiger charge is -2.19. The van der Waals surface area contributed by atoms with Crippen LogP contribution in [-0.4, -0.2) is 32.2 Å². The highest BCUT2D eigenvalue weighted by Gasteiger charge is 2.13.